The van der Waals surface area contributed by atoms with Crippen LogP contribution in [0.1, 0.15) is 25.7 Å². The molecule has 7 nitrogen and oxygen atoms in total. The topological polar surface area (TPSA) is 99.4 Å². The molecule has 1 unspecified atom stereocenters. The highest BCUT2D eigenvalue weighted by molar-refractivity contribution is 5.83. The van der Waals surface area contributed by atoms with Gasteiger partial charge in [-0.15, -0.1) is 0 Å². The van der Waals surface area contributed by atoms with Crippen LogP contribution < -0.4 is 15.8 Å². The van der Waals surface area contributed by atoms with Crippen LogP contribution in [0.4, 0.5) is 11.6 Å². The highest BCUT2D eigenvalue weighted by atomic mass is 16.5. The summed E-state index contributed by atoms with van der Waals surface area (Å²) in [4.78, 5) is 20.6. The van der Waals surface area contributed by atoms with Crippen molar-refractivity contribution in [2.45, 2.75) is 31.7 Å². The quantitative estimate of drug-likeness (QED) is 0.562. The van der Waals surface area contributed by atoms with Crippen molar-refractivity contribution in [2.24, 2.45) is 5.92 Å². The van der Waals surface area contributed by atoms with Crippen LogP contribution in [0.15, 0.2) is 60.9 Å². The normalized spacial score (nSPS) is 18.2. The number of carbonyl (C=O) groups excluding carboxylic acids is 1. The molecule has 7 heteroatoms. The maximum atomic E-state index is 12.0. The molecule has 4 rings (SSSR count). The molecule has 0 amide bonds. The van der Waals surface area contributed by atoms with Gasteiger partial charge in [-0.2, -0.15) is 0 Å². The first-order valence-corrected chi connectivity index (χ1v) is 10.4. The molecule has 0 saturated heterocycles. The smallest absolute Gasteiger partial charge is 0.308 e. The van der Waals surface area contributed by atoms with Crippen LogP contribution in [0.25, 0.3) is 11.1 Å². The predicted molar refractivity (Wildman–Crippen MR) is 120 cm³/mol. The molecule has 1 heterocycles. The van der Waals surface area contributed by atoms with Gasteiger partial charge in [0.15, 0.2) is 0 Å². The molecule has 2 atom stereocenters. The number of aromatic nitrogens is 2. The van der Waals surface area contributed by atoms with Crippen LogP contribution in [0.2, 0.25) is 0 Å². The van der Waals surface area contributed by atoms with Gasteiger partial charge < -0.3 is 20.5 Å². The van der Waals surface area contributed by atoms with E-state index in [-0.39, 0.29) is 17.9 Å². The van der Waals surface area contributed by atoms with Gasteiger partial charge in [0, 0.05) is 6.04 Å². The molecule has 1 fully saturated rings. The Morgan fingerprint density at radius 1 is 1.03 bits per heavy atom. The number of carbonyl (C=O) groups is 1. The standard InChI is InChI=1S/C24H26N4O3/c1-30-24(29)17-6-5-7-18(14-17)28-23-21(22(25)26-15-27-23)16-10-12-20(13-11-16)31-19-8-3-2-4-9-19/h2-4,8-13,15,17-18H,5-7,14H2,1H3,(H3,25,26,27,28)/t17?,18-/m0/s1. The van der Waals surface area contributed by atoms with Crippen LogP contribution in [-0.4, -0.2) is 29.1 Å². The number of methoxy groups -OCH3 is 1. The third-order valence-corrected chi connectivity index (χ3v) is 5.55. The minimum Gasteiger partial charge on any atom is -0.469 e. The van der Waals surface area contributed by atoms with E-state index >= 15 is 0 Å². The molecule has 1 saturated carbocycles. The zero-order valence-corrected chi connectivity index (χ0v) is 17.5. The fourth-order valence-electron chi connectivity index (χ4n) is 4.00. The van der Waals surface area contributed by atoms with Crippen molar-refractivity contribution in [3.05, 3.63) is 60.9 Å². The van der Waals surface area contributed by atoms with E-state index in [2.05, 4.69) is 15.3 Å². The summed E-state index contributed by atoms with van der Waals surface area (Å²) in [5.41, 5.74) is 7.86. The Morgan fingerprint density at radius 2 is 1.77 bits per heavy atom. The van der Waals surface area contributed by atoms with E-state index in [4.69, 9.17) is 15.2 Å². The predicted octanol–water partition coefficient (Wildman–Crippen LogP) is 4.66. The van der Waals surface area contributed by atoms with Gasteiger partial charge in [-0.05, 0) is 49.1 Å². The van der Waals surface area contributed by atoms with E-state index in [0.29, 0.717) is 18.1 Å². The Morgan fingerprint density at radius 3 is 2.52 bits per heavy atom. The highest BCUT2D eigenvalue weighted by Crippen LogP contribution is 2.35. The van der Waals surface area contributed by atoms with Crippen molar-refractivity contribution in [2.75, 3.05) is 18.2 Å². The number of benzene rings is 2. The van der Waals surface area contributed by atoms with E-state index in [0.717, 1.165) is 41.9 Å². The van der Waals surface area contributed by atoms with Crippen LogP contribution >= 0.6 is 0 Å². The summed E-state index contributed by atoms with van der Waals surface area (Å²) in [6.45, 7) is 0. The summed E-state index contributed by atoms with van der Waals surface area (Å²) in [7, 11) is 1.44. The zero-order valence-electron chi connectivity index (χ0n) is 17.5. The van der Waals surface area contributed by atoms with Gasteiger partial charge in [-0.1, -0.05) is 36.8 Å². The summed E-state index contributed by atoms with van der Waals surface area (Å²) in [6.07, 6.45) is 4.93. The largest absolute Gasteiger partial charge is 0.469 e. The second kappa shape index (κ2) is 9.47. The van der Waals surface area contributed by atoms with E-state index in [1.54, 1.807) is 0 Å². The fourth-order valence-corrected chi connectivity index (χ4v) is 4.00. The van der Waals surface area contributed by atoms with Gasteiger partial charge in [0.05, 0.1) is 18.6 Å². The van der Waals surface area contributed by atoms with E-state index < -0.39 is 0 Å². The Kier molecular flexibility index (Phi) is 6.31. The minimum absolute atomic E-state index is 0.0895. The number of hydrogen-bond acceptors (Lipinski definition) is 7. The van der Waals surface area contributed by atoms with Crippen molar-refractivity contribution < 1.29 is 14.3 Å². The maximum Gasteiger partial charge on any atom is 0.308 e. The Balaban J connectivity index is 1.53. The molecular formula is C24H26N4O3. The van der Waals surface area contributed by atoms with Gasteiger partial charge in [0.25, 0.3) is 0 Å². The summed E-state index contributed by atoms with van der Waals surface area (Å²) >= 11 is 0. The van der Waals surface area contributed by atoms with Gasteiger partial charge in [-0.3, -0.25) is 4.79 Å². The lowest BCUT2D eigenvalue weighted by Gasteiger charge is -2.29. The van der Waals surface area contributed by atoms with Crippen LogP contribution in [0, 0.1) is 5.92 Å². The van der Waals surface area contributed by atoms with Crippen molar-refractivity contribution >= 4 is 17.6 Å². The lowest BCUT2D eigenvalue weighted by molar-refractivity contribution is -0.146. The van der Waals surface area contributed by atoms with E-state index in [1.165, 1.54) is 13.4 Å². The molecule has 31 heavy (non-hydrogen) atoms. The van der Waals surface area contributed by atoms with Crippen molar-refractivity contribution in [3.63, 3.8) is 0 Å². The average Bonchev–Trinajstić information content (AvgIpc) is 2.80. The Labute approximate surface area is 181 Å². The van der Waals surface area contributed by atoms with Gasteiger partial charge in [0.2, 0.25) is 0 Å². The van der Waals surface area contributed by atoms with Gasteiger partial charge in [0.1, 0.15) is 29.5 Å². The lowest BCUT2D eigenvalue weighted by Crippen LogP contribution is -2.32. The first-order valence-electron chi connectivity index (χ1n) is 10.4. The zero-order chi connectivity index (χ0) is 21.6. The Bertz CT molecular complexity index is 1020. The lowest BCUT2D eigenvalue weighted by atomic mass is 9.85. The van der Waals surface area contributed by atoms with Gasteiger partial charge in [-0.25, -0.2) is 9.97 Å². The summed E-state index contributed by atoms with van der Waals surface area (Å²) in [5.74, 6) is 2.33. The third kappa shape index (κ3) is 4.94. The summed E-state index contributed by atoms with van der Waals surface area (Å²) in [6, 6.07) is 17.4. The second-order valence-corrected chi connectivity index (χ2v) is 7.65. The fraction of sp³-hybridized carbons (Fsp3) is 0.292. The van der Waals surface area contributed by atoms with Crippen molar-refractivity contribution in [1.29, 1.82) is 0 Å². The molecule has 0 bridgehead atoms. The number of anilines is 2. The molecule has 1 aromatic heterocycles. The SMILES string of the molecule is COC(=O)C1CCC[C@H](Nc2ncnc(N)c2-c2ccc(Oc3ccccc3)cc2)C1. The molecule has 3 aromatic rings. The van der Waals surface area contributed by atoms with Crippen LogP contribution in [0.5, 0.6) is 11.5 Å². The number of nitrogens with one attached hydrogen (secondary N) is 1. The van der Waals surface area contributed by atoms with Crippen molar-refractivity contribution in [1.82, 2.24) is 9.97 Å². The highest BCUT2D eigenvalue weighted by Gasteiger charge is 2.28. The average molecular weight is 418 g/mol. The number of rotatable bonds is 6. The number of nitrogens with zero attached hydrogens (tertiary/aromatic N) is 2. The van der Waals surface area contributed by atoms with Crippen molar-refractivity contribution in [3.8, 4) is 22.6 Å². The number of ether oxygens (including phenoxy) is 2. The molecule has 0 radical (unpaired) electrons. The summed E-state index contributed by atoms with van der Waals surface area (Å²) < 4.78 is 10.8. The number of nitrogen functional groups attached to an aromatic ring is 1. The number of esters is 1. The number of hydrogen-bond donors (Lipinski definition) is 2. The van der Waals surface area contributed by atoms with E-state index in [1.807, 2.05) is 54.6 Å². The van der Waals surface area contributed by atoms with Crippen LogP contribution in [-0.2, 0) is 9.53 Å². The minimum atomic E-state index is -0.150. The first-order chi connectivity index (χ1) is 15.1. The molecule has 2 aromatic carbocycles. The summed E-state index contributed by atoms with van der Waals surface area (Å²) in [5, 5.41) is 3.48. The van der Waals surface area contributed by atoms with E-state index in [9.17, 15) is 4.79 Å². The van der Waals surface area contributed by atoms with Crippen LogP contribution in [0.3, 0.4) is 0 Å². The molecule has 1 aliphatic rings. The molecule has 3 N–H and O–H groups in total. The maximum absolute atomic E-state index is 12.0. The monoisotopic (exact) mass is 418 g/mol. The van der Waals surface area contributed by atoms with Gasteiger partial charge >= 0.3 is 5.97 Å². The molecule has 160 valence electrons. The first kappa shape index (κ1) is 20.7. The number of nitrogens with two attached hydrogens (primary N) is 1. The second-order valence-electron chi connectivity index (χ2n) is 7.65. The number of para-hydroxylation sites is 1. The molecule has 0 spiro atoms. The Hall–Kier alpha value is -3.61. The molecule has 1 aliphatic carbocycles. The molecule has 0 aliphatic heterocycles. The molecular weight excluding hydrogens is 392 g/mol. The third-order valence-electron chi connectivity index (χ3n) is 5.55.